The topological polar surface area (TPSA) is 12.5 Å². The quantitative estimate of drug-likeness (QED) is 0.170. The van der Waals surface area contributed by atoms with E-state index < -0.39 is 0 Å². The van der Waals surface area contributed by atoms with Gasteiger partial charge in [-0.25, -0.2) is 0 Å². The van der Waals surface area contributed by atoms with Crippen LogP contribution in [0, 0.1) is 0 Å². The molecule has 2 nitrogen and oxygen atoms in total. The smallest absolute Gasteiger partial charge is 0.136 e. The predicted octanol–water partition coefficient (Wildman–Crippen LogP) is 15.5. The normalized spacial score (nSPS) is 11.8. The first-order valence-corrected chi connectivity index (χ1v) is 19.5. The van der Waals surface area contributed by atoms with E-state index in [0.29, 0.717) is 0 Å². The number of thiophene rings is 1. The van der Waals surface area contributed by atoms with Crippen LogP contribution in [-0.4, -0.2) is 0 Å². The maximum atomic E-state index is 6.81. The highest BCUT2D eigenvalue weighted by atomic mass is 32.1. The Labute approximate surface area is 323 Å². The van der Waals surface area contributed by atoms with Crippen molar-refractivity contribution in [1.29, 1.82) is 0 Å². The molecule has 3 heteroatoms. The van der Waals surface area contributed by atoms with Crippen molar-refractivity contribution in [3.63, 3.8) is 0 Å². The lowest BCUT2D eigenvalue weighted by Crippen LogP contribution is -2.12. The molecular formula is C52H33NOS. The molecule has 9 aromatic carbocycles. The van der Waals surface area contributed by atoms with Crippen molar-refractivity contribution >= 4 is 59.3 Å². The number of anilines is 3. The molecule has 10 aromatic rings. The first-order chi connectivity index (χ1) is 27.3. The number of ether oxygens (including phenoxy) is 1. The third-order valence-electron chi connectivity index (χ3n) is 10.8. The fourth-order valence-electron chi connectivity index (χ4n) is 8.31. The number of hydrogen-bond donors (Lipinski definition) is 0. The number of benzene rings is 9. The zero-order valence-corrected chi connectivity index (χ0v) is 30.6. The van der Waals surface area contributed by atoms with Gasteiger partial charge in [-0.2, -0.15) is 0 Å². The Morgan fingerprint density at radius 1 is 0.345 bits per heavy atom. The lowest BCUT2D eigenvalue weighted by Gasteiger charge is -2.30. The van der Waals surface area contributed by atoms with Crippen molar-refractivity contribution in [2.75, 3.05) is 4.90 Å². The average molecular weight is 720 g/mol. The molecule has 0 unspecified atom stereocenters. The van der Waals surface area contributed by atoms with Gasteiger partial charge in [-0.15, -0.1) is 11.3 Å². The van der Waals surface area contributed by atoms with E-state index in [1.54, 1.807) is 0 Å². The predicted molar refractivity (Wildman–Crippen MR) is 233 cm³/mol. The Hall–Kier alpha value is -6.94. The summed E-state index contributed by atoms with van der Waals surface area (Å²) in [7, 11) is 0. The van der Waals surface area contributed by atoms with Crippen LogP contribution in [0.4, 0.5) is 17.1 Å². The summed E-state index contributed by atoms with van der Waals surface area (Å²) in [5, 5.41) is 4.77. The van der Waals surface area contributed by atoms with E-state index in [1.807, 2.05) is 11.3 Å². The van der Waals surface area contributed by atoms with Gasteiger partial charge < -0.3 is 9.64 Å². The Kier molecular flexibility index (Phi) is 7.39. The average Bonchev–Trinajstić information content (AvgIpc) is 3.65. The zero-order chi connectivity index (χ0) is 36.3. The van der Waals surface area contributed by atoms with E-state index in [1.165, 1.54) is 53.6 Å². The third-order valence-corrected chi connectivity index (χ3v) is 12.0. The minimum absolute atomic E-state index is 0.870. The SMILES string of the molecule is c1ccc(-c2cc(-c3ccccc3)cc(N(c3ccc4c5c(cccc35)-c3ccc(-c5ccccc5)cc3O4)c3cccc4sc5ccccc5c34)c2)cc1. The second-order valence-electron chi connectivity index (χ2n) is 14.1. The molecule has 0 atom stereocenters. The summed E-state index contributed by atoms with van der Waals surface area (Å²) in [5.41, 5.74) is 12.6. The van der Waals surface area contributed by atoms with Crippen molar-refractivity contribution in [1.82, 2.24) is 0 Å². The van der Waals surface area contributed by atoms with Gasteiger partial charge in [0.25, 0.3) is 0 Å². The highest BCUT2D eigenvalue weighted by molar-refractivity contribution is 7.26. The molecule has 11 rings (SSSR count). The molecule has 55 heavy (non-hydrogen) atoms. The largest absolute Gasteiger partial charge is 0.456 e. The van der Waals surface area contributed by atoms with Gasteiger partial charge in [0.05, 0.1) is 11.4 Å². The zero-order valence-electron chi connectivity index (χ0n) is 29.8. The van der Waals surface area contributed by atoms with Gasteiger partial charge in [0.1, 0.15) is 11.5 Å². The lowest BCUT2D eigenvalue weighted by molar-refractivity contribution is 0.487. The van der Waals surface area contributed by atoms with Crippen molar-refractivity contribution in [2.24, 2.45) is 0 Å². The summed E-state index contributed by atoms with van der Waals surface area (Å²) in [6.07, 6.45) is 0. The summed E-state index contributed by atoms with van der Waals surface area (Å²) < 4.78 is 9.36. The van der Waals surface area contributed by atoms with Crippen LogP contribution in [0.2, 0.25) is 0 Å². The van der Waals surface area contributed by atoms with E-state index in [9.17, 15) is 0 Å². The molecule has 0 bridgehead atoms. The minimum atomic E-state index is 0.870. The molecule has 0 saturated heterocycles. The molecule has 0 radical (unpaired) electrons. The molecule has 1 aliphatic heterocycles. The summed E-state index contributed by atoms with van der Waals surface area (Å²) in [6.45, 7) is 0. The summed E-state index contributed by atoms with van der Waals surface area (Å²) in [5.74, 6) is 1.75. The molecule has 1 aromatic heterocycles. The maximum absolute atomic E-state index is 6.81. The number of fused-ring (bicyclic) bond motifs is 5. The molecule has 0 fully saturated rings. The van der Waals surface area contributed by atoms with Crippen molar-refractivity contribution in [3.8, 4) is 56.0 Å². The first kappa shape index (κ1) is 31.6. The van der Waals surface area contributed by atoms with Crippen LogP contribution in [0.15, 0.2) is 200 Å². The Balaban J connectivity index is 1.19. The molecule has 0 spiro atoms. The van der Waals surface area contributed by atoms with Gasteiger partial charge in [0, 0.05) is 42.2 Å². The minimum Gasteiger partial charge on any atom is -0.456 e. The fraction of sp³-hybridized carbons (Fsp3) is 0. The van der Waals surface area contributed by atoms with Crippen molar-refractivity contribution < 1.29 is 4.74 Å². The summed E-state index contributed by atoms with van der Waals surface area (Å²) in [6, 6.07) is 72.2. The van der Waals surface area contributed by atoms with Gasteiger partial charge in [0.2, 0.25) is 0 Å². The van der Waals surface area contributed by atoms with Crippen LogP contribution >= 0.6 is 11.3 Å². The van der Waals surface area contributed by atoms with Crippen LogP contribution in [0.5, 0.6) is 11.5 Å². The second-order valence-corrected chi connectivity index (χ2v) is 15.2. The van der Waals surface area contributed by atoms with Crippen molar-refractivity contribution in [3.05, 3.63) is 200 Å². The van der Waals surface area contributed by atoms with E-state index in [4.69, 9.17) is 4.74 Å². The van der Waals surface area contributed by atoms with E-state index in [0.717, 1.165) is 50.5 Å². The third kappa shape index (κ3) is 5.32. The Bertz CT molecular complexity index is 3000. The Morgan fingerprint density at radius 2 is 0.964 bits per heavy atom. The van der Waals surface area contributed by atoms with Crippen LogP contribution in [0.25, 0.3) is 75.5 Å². The van der Waals surface area contributed by atoms with Crippen LogP contribution in [0.3, 0.4) is 0 Å². The van der Waals surface area contributed by atoms with Gasteiger partial charge in [-0.1, -0.05) is 140 Å². The van der Waals surface area contributed by atoms with Crippen LogP contribution in [-0.2, 0) is 0 Å². The molecule has 2 heterocycles. The van der Waals surface area contributed by atoms with Crippen LogP contribution in [0.1, 0.15) is 0 Å². The van der Waals surface area contributed by atoms with E-state index in [2.05, 4.69) is 205 Å². The molecule has 0 N–H and O–H groups in total. The standard InChI is InChI=1S/C52H33NOS/c1-4-14-34(15-5-1)37-26-27-41-42-21-12-22-43-45(28-29-47(51(42)43)54-48(41)33-37)53(46-23-13-25-50-52(46)44-20-10-11-24-49(44)55-50)40-31-38(35-16-6-2-7-17-35)30-39(32-40)36-18-8-3-9-19-36/h1-33H. The van der Waals surface area contributed by atoms with Gasteiger partial charge in [0.15, 0.2) is 0 Å². The second kappa shape index (κ2) is 12.9. The molecular weight excluding hydrogens is 687 g/mol. The first-order valence-electron chi connectivity index (χ1n) is 18.7. The molecule has 0 saturated carbocycles. The maximum Gasteiger partial charge on any atom is 0.136 e. The molecule has 1 aliphatic rings. The number of nitrogens with zero attached hydrogens (tertiary/aromatic N) is 1. The fourth-order valence-corrected chi connectivity index (χ4v) is 9.43. The molecule has 258 valence electrons. The lowest BCUT2D eigenvalue weighted by atomic mass is 9.91. The van der Waals surface area contributed by atoms with Gasteiger partial charge >= 0.3 is 0 Å². The van der Waals surface area contributed by atoms with E-state index >= 15 is 0 Å². The summed E-state index contributed by atoms with van der Waals surface area (Å²) >= 11 is 1.85. The number of hydrogen-bond acceptors (Lipinski definition) is 3. The molecule has 0 amide bonds. The Morgan fingerprint density at radius 3 is 1.69 bits per heavy atom. The summed E-state index contributed by atoms with van der Waals surface area (Å²) in [4.78, 5) is 2.48. The highest BCUT2D eigenvalue weighted by Gasteiger charge is 2.26. The highest BCUT2D eigenvalue weighted by Crippen LogP contribution is 2.53. The van der Waals surface area contributed by atoms with E-state index in [-0.39, 0.29) is 0 Å². The van der Waals surface area contributed by atoms with Crippen molar-refractivity contribution in [2.45, 2.75) is 0 Å². The molecule has 0 aliphatic carbocycles. The van der Waals surface area contributed by atoms with Crippen LogP contribution < -0.4 is 9.64 Å². The monoisotopic (exact) mass is 719 g/mol. The number of rotatable bonds is 6. The van der Waals surface area contributed by atoms with Gasteiger partial charge in [-0.05, 0) is 99.6 Å². The van der Waals surface area contributed by atoms with Gasteiger partial charge in [-0.3, -0.25) is 0 Å².